The van der Waals surface area contributed by atoms with Crippen molar-refractivity contribution >= 4 is 40.9 Å². The van der Waals surface area contributed by atoms with E-state index in [1.807, 2.05) is 55.5 Å². The average molecular weight is 437 g/mol. The fourth-order valence-electron chi connectivity index (χ4n) is 3.39. The quantitative estimate of drug-likeness (QED) is 0.596. The summed E-state index contributed by atoms with van der Waals surface area (Å²) in [6.07, 6.45) is 0. The molecule has 0 aliphatic carbocycles. The molecular formula is C24H21ClN2O2S. The number of carbonyl (C=O) groups excluding carboxylic acids is 2. The minimum Gasteiger partial charge on any atom is -0.348 e. The lowest BCUT2D eigenvalue weighted by Crippen LogP contribution is -2.35. The zero-order valence-corrected chi connectivity index (χ0v) is 18.1. The summed E-state index contributed by atoms with van der Waals surface area (Å²) in [6.45, 7) is 2.87. The van der Waals surface area contributed by atoms with Crippen LogP contribution in [0.4, 0.5) is 5.69 Å². The maximum absolute atomic E-state index is 12.8. The average Bonchev–Trinajstić information content (AvgIpc) is 2.76. The van der Waals surface area contributed by atoms with E-state index in [-0.39, 0.29) is 11.8 Å². The molecule has 1 N–H and O–H groups in total. The van der Waals surface area contributed by atoms with Gasteiger partial charge in [-0.2, -0.15) is 0 Å². The second-order valence-corrected chi connectivity index (χ2v) is 8.58. The number of benzene rings is 3. The Labute approximate surface area is 185 Å². The number of aryl methyl sites for hydroxylation is 1. The minimum absolute atomic E-state index is 0.0457. The molecule has 0 saturated carbocycles. The van der Waals surface area contributed by atoms with Crippen LogP contribution in [0.15, 0.2) is 71.6 Å². The monoisotopic (exact) mass is 436 g/mol. The first-order valence-electron chi connectivity index (χ1n) is 9.66. The van der Waals surface area contributed by atoms with E-state index in [9.17, 15) is 9.59 Å². The summed E-state index contributed by atoms with van der Waals surface area (Å²) >= 11 is 7.68. The van der Waals surface area contributed by atoms with Gasteiger partial charge in [0.25, 0.3) is 5.91 Å². The Hall–Kier alpha value is -2.76. The van der Waals surface area contributed by atoms with E-state index < -0.39 is 0 Å². The molecule has 0 saturated heterocycles. The van der Waals surface area contributed by atoms with Crippen molar-refractivity contribution in [2.24, 2.45) is 0 Å². The molecule has 0 atom stereocenters. The molecule has 0 fully saturated rings. The molecule has 0 aromatic heterocycles. The Morgan fingerprint density at radius 2 is 1.80 bits per heavy atom. The Kier molecular flexibility index (Phi) is 6.11. The molecule has 152 valence electrons. The standard InChI is InChI=1S/C24H21ClN2O2S/c1-16-6-2-3-8-19(16)14-27-21-12-17(10-11-22(21)30-15-23(27)28)24(29)26-13-18-7-4-5-9-20(18)25/h2-12H,13-15H2,1H3,(H,26,29). The van der Waals surface area contributed by atoms with Gasteiger partial charge in [0, 0.05) is 22.0 Å². The predicted octanol–water partition coefficient (Wildman–Crippen LogP) is 5.22. The molecule has 30 heavy (non-hydrogen) atoms. The highest BCUT2D eigenvalue weighted by Crippen LogP contribution is 2.37. The van der Waals surface area contributed by atoms with Crippen molar-refractivity contribution in [3.63, 3.8) is 0 Å². The smallest absolute Gasteiger partial charge is 0.251 e. The molecule has 4 nitrogen and oxygen atoms in total. The second-order valence-electron chi connectivity index (χ2n) is 7.15. The lowest BCUT2D eigenvalue weighted by Gasteiger charge is -2.30. The fourth-order valence-corrected chi connectivity index (χ4v) is 4.51. The van der Waals surface area contributed by atoms with Crippen molar-refractivity contribution in [3.8, 4) is 0 Å². The minimum atomic E-state index is -0.198. The molecule has 1 aliphatic rings. The molecule has 0 bridgehead atoms. The summed E-state index contributed by atoms with van der Waals surface area (Å²) in [5.74, 6) is 0.248. The first-order chi connectivity index (χ1) is 14.5. The van der Waals surface area contributed by atoms with Crippen molar-refractivity contribution in [2.75, 3.05) is 10.7 Å². The molecule has 1 heterocycles. The van der Waals surface area contributed by atoms with Gasteiger partial charge in [0.05, 0.1) is 18.0 Å². The zero-order valence-electron chi connectivity index (χ0n) is 16.5. The van der Waals surface area contributed by atoms with Crippen LogP contribution in [-0.2, 0) is 17.9 Å². The summed E-state index contributed by atoms with van der Waals surface area (Å²) in [7, 11) is 0. The van der Waals surface area contributed by atoms with Crippen LogP contribution < -0.4 is 10.2 Å². The Bertz CT molecular complexity index is 1120. The van der Waals surface area contributed by atoms with Crippen LogP contribution in [0, 0.1) is 6.92 Å². The Morgan fingerprint density at radius 1 is 1.07 bits per heavy atom. The van der Waals surface area contributed by atoms with Gasteiger partial charge in [-0.3, -0.25) is 9.59 Å². The number of rotatable bonds is 5. The van der Waals surface area contributed by atoms with E-state index in [2.05, 4.69) is 5.32 Å². The van der Waals surface area contributed by atoms with E-state index in [1.165, 1.54) is 11.8 Å². The fraction of sp³-hybridized carbons (Fsp3) is 0.167. The molecule has 2 amide bonds. The SMILES string of the molecule is Cc1ccccc1CN1C(=O)CSc2ccc(C(=O)NCc3ccccc3Cl)cc21. The number of nitrogens with one attached hydrogen (secondary N) is 1. The number of amides is 2. The van der Waals surface area contributed by atoms with Gasteiger partial charge >= 0.3 is 0 Å². The van der Waals surface area contributed by atoms with E-state index in [4.69, 9.17) is 11.6 Å². The summed E-state index contributed by atoms with van der Waals surface area (Å²) in [4.78, 5) is 28.2. The number of carbonyl (C=O) groups is 2. The summed E-state index contributed by atoms with van der Waals surface area (Å²) in [5, 5.41) is 3.53. The van der Waals surface area contributed by atoms with Gasteiger partial charge < -0.3 is 10.2 Å². The van der Waals surface area contributed by atoms with E-state index in [0.717, 1.165) is 27.3 Å². The lowest BCUT2D eigenvalue weighted by molar-refractivity contribution is -0.116. The number of hydrogen-bond acceptors (Lipinski definition) is 3. The molecule has 3 aromatic rings. The summed E-state index contributed by atoms with van der Waals surface area (Å²) in [5.41, 5.74) is 4.39. The number of fused-ring (bicyclic) bond motifs is 1. The number of thioether (sulfide) groups is 1. The number of halogens is 1. The van der Waals surface area contributed by atoms with Crippen molar-refractivity contribution in [1.29, 1.82) is 0 Å². The molecule has 4 rings (SSSR count). The molecule has 0 unspecified atom stereocenters. The van der Waals surface area contributed by atoms with Crippen molar-refractivity contribution in [1.82, 2.24) is 5.32 Å². The van der Waals surface area contributed by atoms with Crippen LogP contribution in [0.2, 0.25) is 5.02 Å². The highest BCUT2D eigenvalue weighted by Gasteiger charge is 2.26. The van der Waals surface area contributed by atoms with E-state index >= 15 is 0 Å². The molecule has 6 heteroatoms. The highest BCUT2D eigenvalue weighted by atomic mass is 35.5. The molecule has 0 radical (unpaired) electrons. The van der Waals surface area contributed by atoms with Gasteiger partial charge in [0.2, 0.25) is 5.91 Å². The summed E-state index contributed by atoms with van der Waals surface area (Å²) < 4.78 is 0. The van der Waals surface area contributed by atoms with Gasteiger partial charge in [-0.15, -0.1) is 11.8 Å². The third-order valence-corrected chi connectivity index (χ3v) is 6.57. The van der Waals surface area contributed by atoms with Crippen molar-refractivity contribution in [3.05, 3.63) is 94.0 Å². The number of anilines is 1. The Balaban J connectivity index is 1.57. The first-order valence-corrected chi connectivity index (χ1v) is 11.0. The van der Waals surface area contributed by atoms with E-state index in [0.29, 0.717) is 29.4 Å². The lowest BCUT2D eigenvalue weighted by atomic mass is 10.1. The Morgan fingerprint density at radius 3 is 2.57 bits per heavy atom. The van der Waals surface area contributed by atoms with E-state index in [1.54, 1.807) is 23.1 Å². The number of nitrogens with zero attached hydrogens (tertiary/aromatic N) is 1. The topological polar surface area (TPSA) is 49.4 Å². The van der Waals surface area contributed by atoms with Crippen LogP contribution in [0.3, 0.4) is 0 Å². The normalized spacial score (nSPS) is 13.1. The number of hydrogen-bond donors (Lipinski definition) is 1. The van der Waals surface area contributed by atoms with Crippen LogP contribution >= 0.6 is 23.4 Å². The predicted molar refractivity (Wildman–Crippen MR) is 122 cm³/mol. The molecule has 1 aliphatic heterocycles. The van der Waals surface area contributed by atoms with Gasteiger partial charge in [-0.05, 0) is 47.9 Å². The van der Waals surface area contributed by atoms with Gasteiger partial charge in [-0.1, -0.05) is 54.1 Å². The van der Waals surface area contributed by atoms with Crippen molar-refractivity contribution in [2.45, 2.75) is 24.9 Å². The van der Waals surface area contributed by atoms with Gasteiger partial charge in [-0.25, -0.2) is 0 Å². The zero-order chi connectivity index (χ0) is 21.1. The third kappa shape index (κ3) is 4.37. The maximum atomic E-state index is 12.8. The second kappa shape index (κ2) is 8.94. The first kappa shape index (κ1) is 20.5. The van der Waals surface area contributed by atoms with Gasteiger partial charge in [0.15, 0.2) is 0 Å². The van der Waals surface area contributed by atoms with Crippen LogP contribution in [0.1, 0.15) is 27.0 Å². The molecule has 0 spiro atoms. The third-order valence-electron chi connectivity index (χ3n) is 5.15. The maximum Gasteiger partial charge on any atom is 0.251 e. The van der Waals surface area contributed by atoms with Crippen LogP contribution in [0.25, 0.3) is 0 Å². The van der Waals surface area contributed by atoms with Gasteiger partial charge in [0.1, 0.15) is 0 Å². The summed E-state index contributed by atoms with van der Waals surface area (Å²) in [6, 6.07) is 21.0. The van der Waals surface area contributed by atoms with Crippen LogP contribution in [-0.4, -0.2) is 17.6 Å². The van der Waals surface area contributed by atoms with Crippen molar-refractivity contribution < 1.29 is 9.59 Å². The van der Waals surface area contributed by atoms with Crippen LogP contribution in [0.5, 0.6) is 0 Å². The molecular weight excluding hydrogens is 416 g/mol. The largest absolute Gasteiger partial charge is 0.348 e. The highest BCUT2D eigenvalue weighted by molar-refractivity contribution is 8.00. The molecule has 3 aromatic carbocycles.